The zero-order chi connectivity index (χ0) is 16.7. The summed E-state index contributed by atoms with van der Waals surface area (Å²) in [5, 5.41) is 11.5. The molecule has 0 atom stereocenters. The van der Waals surface area contributed by atoms with Crippen molar-refractivity contribution in [1.82, 2.24) is 0 Å². The Morgan fingerprint density at radius 1 is 1.13 bits per heavy atom. The van der Waals surface area contributed by atoms with Gasteiger partial charge in [0.25, 0.3) is 0 Å². The molecule has 2 aromatic rings. The van der Waals surface area contributed by atoms with Gasteiger partial charge in [-0.25, -0.2) is 0 Å². The van der Waals surface area contributed by atoms with Crippen molar-refractivity contribution in [3.8, 4) is 17.6 Å². The van der Waals surface area contributed by atoms with Gasteiger partial charge in [0.1, 0.15) is 11.5 Å². The topological polar surface area (TPSA) is 71.3 Å². The average molecular weight is 308 g/mol. The van der Waals surface area contributed by atoms with Gasteiger partial charge in [-0.05, 0) is 42.5 Å². The van der Waals surface area contributed by atoms with Crippen molar-refractivity contribution < 1.29 is 14.3 Å². The highest BCUT2D eigenvalue weighted by molar-refractivity contribution is 6.02. The number of benzene rings is 2. The van der Waals surface area contributed by atoms with E-state index in [-0.39, 0.29) is 5.91 Å². The molecular formula is C18H16N2O3. The molecule has 0 saturated carbocycles. The molecular weight excluding hydrogens is 292 g/mol. The van der Waals surface area contributed by atoms with Gasteiger partial charge < -0.3 is 14.8 Å². The minimum atomic E-state index is -0.271. The van der Waals surface area contributed by atoms with Crippen LogP contribution in [-0.2, 0) is 4.79 Å². The number of rotatable bonds is 5. The number of nitrogens with zero attached hydrogens (tertiary/aromatic N) is 1. The van der Waals surface area contributed by atoms with Crippen molar-refractivity contribution in [1.29, 1.82) is 5.26 Å². The summed E-state index contributed by atoms with van der Waals surface area (Å²) in [6.07, 6.45) is 3.08. The maximum atomic E-state index is 11.9. The number of amides is 1. The van der Waals surface area contributed by atoms with Crippen LogP contribution in [-0.4, -0.2) is 20.1 Å². The highest BCUT2D eigenvalue weighted by atomic mass is 16.5. The molecule has 5 heteroatoms. The zero-order valence-electron chi connectivity index (χ0n) is 12.9. The van der Waals surface area contributed by atoms with Gasteiger partial charge in [-0.2, -0.15) is 5.26 Å². The van der Waals surface area contributed by atoms with Gasteiger partial charge in [-0.3, -0.25) is 4.79 Å². The van der Waals surface area contributed by atoms with E-state index in [0.29, 0.717) is 22.7 Å². The first-order valence-electron chi connectivity index (χ1n) is 6.87. The van der Waals surface area contributed by atoms with Crippen LogP contribution in [0, 0.1) is 11.3 Å². The molecule has 1 amide bonds. The second kappa shape index (κ2) is 7.66. The standard InChI is InChI=1S/C18H16N2O3/c1-22-16-9-5-14(17(11-16)23-2)6-10-18(21)20-15-7-3-13(12-19)4-8-15/h3-11H,1-2H3,(H,20,21). The van der Waals surface area contributed by atoms with E-state index in [1.54, 1.807) is 56.7 Å². The second-order valence-corrected chi connectivity index (χ2v) is 4.62. The number of ether oxygens (including phenoxy) is 2. The third kappa shape index (κ3) is 4.35. The number of nitriles is 1. The van der Waals surface area contributed by atoms with Gasteiger partial charge in [0.15, 0.2) is 0 Å². The molecule has 0 heterocycles. The van der Waals surface area contributed by atoms with E-state index < -0.39 is 0 Å². The third-order valence-electron chi connectivity index (χ3n) is 3.14. The molecule has 0 aliphatic rings. The van der Waals surface area contributed by atoms with E-state index in [9.17, 15) is 4.79 Å². The van der Waals surface area contributed by atoms with Gasteiger partial charge in [0.2, 0.25) is 5.91 Å². The molecule has 1 N–H and O–H groups in total. The van der Waals surface area contributed by atoms with Crippen molar-refractivity contribution in [2.75, 3.05) is 19.5 Å². The Morgan fingerprint density at radius 3 is 2.48 bits per heavy atom. The molecule has 5 nitrogen and oxygen atoms in total. The van der Waals surface area contributed by atoms with Crippen molar-refractivity contribution in [2.45, 2.75) is 0 Å². The van der Waals surface area contributed by atoms with Crippen LogP contribution in [0.2, 0.25) is 0 Å². The molecule has 0 spiro atoms. The molecule has 0 aliphatic heterocycles. The summed E-state index contributed by atoms with van der Waals surface area (Å²) in [5.41, 5.74) is 1.94. The van der Waals surface area contributed by atoms with Gasteiger partial charge in [0.05, 0.1) is 25.9 Å². The largest absolute Gasteiger partial charge is 0.497 e. The smallest absolute Gasteiger partial charge is 0.248 e. The fourth-order valence-corrected chi connectivity index (χ4v) is 1.93. The fraction of sp³-hybridized carbons (Fsp3) is 0.111. The summed E-state index contributed by atoms with van der Waals surface area (Å²) in [7, 11) is 3.14. The predicted octanol–water partition coefficient (Wildman–Crippen LogP) is 3.23. The van der Waals surface area contributed by atoms with E-state index >= 15 is 0 Å². The summed E-state index contributed by atoms with van der Waals surface area (Å²) < 4.78 is 10.4. The fourth-order valence-electron chi connectivity index (χ4n) is 1.93. The van der Waals surface area contributed by atoms with Crippen molar-refractivity contribution >= 4 is 17.7 Å². The summed E-state index contributed by atoms with van der Waals surface area (Å²) >= 11 is 0. The summed E-state index contributed by atoms with van der Waals surface area (Å²) in [6.45, 7) is 0. The molecule has 0 unspecified atom stereocenters. The molecule has 0 aliphatic carbocycles. The van der Waals surface area contributed by atoms with Crippen molar-refractivity contribution in [3.63, 3.8) is 0 Å². The van der Waals surface area contributed by atoms with Crippen LogP contribution in [0.4, 0.5) is 5.69 Å². The van der Waals surface area contributed by atoms with E-state index in [1.165, 1.54) is 6.08 Å². The normalized spacial score (nSPS) is 10.1. The lowest BCUT2D eigenvalue weighted by Crippen LogP contribution is -2.07. The molecule has 116 valence electrons. The highest BCUT2D eigenvalue weighted by Gasteiger charge is 2.03. The first kappa shape index (κ1) is 16.1. The maximum absolute atomic E-state index is 11.9. The predicted molar refractivity (Wildman–Crippen MR) is 88.4 cm³/mol. The minimum absolute atomic E-state index is 0.271. The molecule has 0 saturated heterocycles. The van der Waals surface area contributed by atoms with E-state index in [1.807, 2.05) is 12.1 Å². The molecule has 0 bridgehead atoms. The average Bonchev–Trinajstić information content (AvgIpc) is 2.60. The van der Waals surface area contributed by atoms with Crippen LogP contribution in [0.15, 0.2) is 48.5 Å². The lowest BCUT2D eigenvalue weighted by atomic mass is 10.1. The minimum Gasteiger partial charge on any atom is -0.497 e. The van der Waals surface area contributed by atoms with Crippen LogP contribution in [0.5, 0.6) is 11.5 Å². The van der Waals surface area contributed by atoms with Gasteiger partial charge >= 0.3 is 0 Å². The number of hydrogen-bond donors (Lipinski definition) is 1. The quantitative estimate of drug-likeness (QED) is 0.861. The van der Waals surface area contributed by atoms with Crippen LogP contribution in [0.25, 0.3) is 6.08 Å². The molecule has 23 heavy (non-hydrogen) atoms. The molecule has 0 aromatic heterocycles. The Kier molecular flexibility index (Phi) is 5.37. The monoisotopic (exact) mass is 308 g/mol. The maximum Gasteiger partial charge on any atom is 0.248 e. The van der Waals surface area contributed by atoms with Gasteiger partial charge in [-0.15, -0.1) is 0 Å². The molecule has 2 aromatic carbocycles. The number of nitrogens with one attached hydrogen (secondary N) is 1. The molecule has 2 rings (SSSR count). The van der Waals surface area contributed by atoms with Crippen LogP contribution < -0.4 is 14.8 Å². The van der Waals surface area contributed by atoms with E-state index in [4.69, 9.17) is 14.7 Å². The third-order valence-corrected chi connectivity index (χ3v) is 3.14. The zero-order valence-corrected chi connectivity index (χ0v) is 12.9. The summed E-state index contributed by atoms with van der Waals surface area (Å²) in [4.78, 5) is 11.9. The van der Waals surface area contributed by atoms with Gasteiger partial charge in [-0.1, -0.05) is 0 Å². The lowest BCUT2D eigenvalue weighted by Gasteiger charge is -2.07. The second-order valence-electron chi connectivity index (χ2n) is 4.62. The SMILES string of the molecule is COc1ccc(C=CC(=O)Nc2ccc(C#N)cc2)c(OC)c1. The summed E-state index contributed by atoms with van der Waals surface area (Å²) in [6, 6.07) is 14.0. The Morgan fingerprint density at radius 2 is 1.87 bits per heavy atom. The first-order chi connectivity index (χ1) is 11.2. The molecule has 0 radical (unpaired) electrons. The van der Waals surface area contributed by atoms with E-state index in [2.05, 4.69) is 5.32 Å². The van der Waals surface area contributed by atoms with Crippen LogP contribution >= 0.6 is 0 Å². The van der Waals surface area contributed by atoms with E-state index in [0.717, 1.165) is 5.56 Å². The number of methoxy groups -OCH3 is 2. The number of anilines is 1. The number of carbonyl (C=O) groups excluding carboxylic acids is 1. The van der Waals surface area contributed by atoms with Gasteiger partial charge in [0, 0.05) is 23.4 Å². The van der Waals surface area contributed by atoms with Crippen molar-refractivity contribution in [3.05, 3.63) is 59.7 Å². The lowest BCUT2D eigenvalue weighted by molar-refractivity contribution is -0.111. The van der Waals surface area contributed by atoms with Crippen LogP contribution in [0.3, 0.4) is 0 Å². The Bertz CT molecular complexity index is 759. The van der Waals surface area contributed by atoms with Crippen molar-refractivity contribution in [2.24, 2.45) is 0 Å². The summed E-state index contributed by atoms with van der Waals surface area (Å²) in [5.74, 6) is 1.03. The first-order valence-corrected chi connectivity index (χ1v) is 6.87. The van der Waals surface area contributed by atoms with Crippen LogP contribution in [0.1, 0.15) is 11.1 Å². The number of carbonyl (C=O) groups is 1. The Labute approximate surface area is 134 Å². The molecule has 0 fully saturated rings. The number of hydrogen-bond acceptors (Lipinski definition) is 4. The Hall–Kier alpha value is -3.26. The Balaban J connectivity index is 2.07. The highest BCUT2D eigenvalue weighted by Crippen LogP contribution is 2.25.